The second-order valence-corrected chi connectivity index (χ2v) is 8.84. The van der Waals surface area contributed by atoms with Gasteiger partial charge in [-0.05, 0) is 31.6 Å². The Kier molecular flexibility index (Phi) is 10.6. The molecule has 0 radical (unpaired) electrons. The van der Waals surface area contributed by atoms with E-state index < -0.39 is 37.6 Å². The van der Waals surface area contributed by atoms with Gasteiger partial charge in [0.15, 0.2) is 0 Å². The van der Waals surface area contributed by atoms with Crippen molar-refractivity contribution in [1.29, 1.82) is 0 Å². The summed E-state index contributed by atoms with van der Waals surface area (Å²) < 4.78 is 59.0. The Morgan fingerprint density at radius 1 is 0.880 bits per heavy atom. The van der Waals surface area contributed by atoms with Crippen LogP contribution in [0.5, 0.6) is 0 Å². The van der Waals surface area contributed by atoms with Gasteiger partial charge in [-0.3, -0.25) is 9.35 Å². The fraction of sp³-hybridized carbons (Fsp3) is 0.643. The predicted molar refractivity (Wildman–Crippen MR) is 93.3 cm³/mol. The Balaban J connectivity index is 3.84. The summed E-state index contributed by atoms with van der Waals surface area (Å²) in [7, 11) is -7.07. The molecule has 0 aromatic carbocycles. The van der Waals surface area contributed by atoms with Gasteiger partial charge >= 0.3 is 11.9 Å². The lowest BCUT2D eigenvalue weighted by Crippen LogP contribution is -2.14. The fourth-order valence-corrected chi connectivity index (χ4v) is 2.79. The first kappa shape index (κ1) is 23.6. The second-order valence-electron chi connectivity index (χ2n) is 5.31. The third-order valence-corrected chi connectivity index (χ3v) is 4.53. The van der Waals surface area contributed by atoms with E-state index in [4.69, 9.17) is 18.6 Å². The maximum absolute atomic E-state index is 11.6. The number of carbonyl (C=O) groups excluding carboxylic acids is 2. The molecular formula is C14H24O9S2. The predicted octanol–water partition coefficient (Wildman–Crippen LogP) is 0.657. The lowest BCUT2D eigenvalue weighted by molar-refractivity contribution is -0.146. The molecule has 0 aromatic rings. The van der Waals surface area contributed by atoms with Crippen LogP contribution in [0.1, 0.15) is 32.1 Å². The minimum atomic E-state index is -4.03. The topological polar surface area (TPSA) is 144 Å². The highest BCUT2D eigenvalue weighted by Crippen LogP contribution is 2.05. The van der Waals surface area contributed by atoms with Crippen LogP contribution in [-0.4, -0.2) is 64.3 Å². The summed E-state index contributed by atoms with van der Waals surface area (Å²) in [6, 6.07) is 0. The molecule has 0 aliphatic rings. The van der Waals surface area contributed by atoms with Crippen molar-refractivity contribution < 1.29 is 40.8 Å². The van der Waals surface area contributed by atoms with E-state index in [0.29, 0.717) is 12.8 Å². The lowest BCUT2D eigenvalue weighted by Gasteiger charge is -2.08. The van der Waals surface area contributed by atoms with Crippen LogP contribution < -0.4 is 0 Å². The van der Waals surface area contributed by atoms with E-state index in [1.165, 1.54) is 0 Å². The first-order chi connectivity index (χ1) is 11.4. The van der Waals surface area contributed by atoms with E-state index in [-0.39, 0.29) is 43.8 Å². The van der Waals surface area contributed by atoms with Crippen LogP contribution in [0, 0.1) is 0 Å². The molecule has 25 heavy (non-hydrogen) atoms. The number of unbranched alkanes of at least 4 members (excludes halogenated alkanes) is 2. The van der Waals surface area contributed by atoms with Crippen LogP contribution in [0.15, 0.2) is 12.2 Å². The molecule has 0 saturated heterocycles. The Morgan fingerprint density at radius 2 is 1.40 bits per heavy atom. The molecular weight excluding hydrogens is 376 g/mol. The van der Waals surface area contributed by atoms with E-state index >= 15 is 0 Å². The number of rotatable bonds is 13. The van der Waals surface area contributed by atoms with E-state index in [1.807, 2.05) is 0 Å². The molecule has 0 rings (SSSR count). The molecule has 0 aliphatic heterocycles. The molecule has 11 heteroatoms. The Hall–Kier alpha value is -1.43. The number of hydrogen-bond acceptors (Lipinski definition) is 7. The standard InChI is InChI=1S/C14H24O9S2/c1-12(14(16)23-8-3-5-9-24(2,17)18)11-13(15)22-7-4-6-10-25(19,20)21/h1-11H2,(H,17,18)(H,19,20,21). The normalized spacial score (nSPS) is 13.7. The minimum Gasteiger partial charge on any atom is -0.465 e. The van der Waals surface area contributed by atoms with Gasteiger partial charge in [-0.2, -0.15) is 8.42 Å². The van der Waals surface area contributed by atoms with Crippen LogP contribution >= 0.6 is 0 Å². The number of esters is 2. The van der Waals surface area contributed by atoms with Crippen molar-refractivity contribution in [2.45, 2.75) is 32.1 Å². The molecule has 0 fully saturated rings. The molecule has 0 saturated carbocycles. The molecule has 0 aromatic heterocycles. The van der Waals surface area contributed by atoms with Crippen molar-refractivity contribution in [3.63, 3.8) is 0 Å². The van der Waals surface area contributed by atoms with Gasteiger partial charge in [0.1, 0.15) is 0 Å². The monoisotopic (exact) mass is 400 g/mol. The summed E-state index contributed by atoms with van der Waals surface area (Å²) in [6.45, 7) is 3.41. The van der Waals surface area contributed by atoms with Gasteiger partial charge in [-0.25, -0.2) is 9.00 Å². The van der Waals surface area contributed by atoms with Crippen LogP contribution in [0.3, 0.4) is 0 Å². The summed E-state index contributed by atoms with van der Waals surface area (Å²) in [5.74, 6) is 1.21. The van der Waals surface area contributed by atoms with Crippen molar-refractivity contribution in [1.82, 2.24) is 0 Å². The third-order valence-electron chi connectivity index (χ3n) is 2.80. The zero-order valence-corrected chi connectivity index (χ0v) is 15.5. The maximum atomic E-state index is 11.6. The fourth-order valence-electron chi connectivity index (χ4n) is 1.57. The van der Waals surface area contributed by atoms with E-state index in [1.54, 1.807) is 0 Å². The van der Waals surface area contributed by atoms with Gasteiger partial charge in [0, 0.05) is 11.3 Å². The van der Waals surface area contributed by atoms with Crippen molar-refractivity contribution in [3.8, 4) is 0 Å². The Labute approximate surface area is 148 Å². The summed E-state index contributed by atoms with van der Waals surface area (Å²) >= 11 is 0. The highest BCUT2D eigenvalue weighted by Gasteiger charge is 2.14. The SMILES string of the molecule is C=C(CC(=O)OCCCCS(=O)(=O)O)C(=O)OCCCCS(=C)(=O)O. The molecule has 1 unspecified atom stereocenters. The van der Waals surface area contributed by atoms with E-state index in [2.05, 4.69) is 12.4 Å². The Morgan fingerprint density at radius 3 is 1.92 bits per heavy atom. The zero-order chi connectivity index (χ0) is 19.5. The highest BCUT2D eigenvalue weighted by atomic mass is 32.2. The molecule has 9 nitrogen and oxygen atoms in total. The molecule has 0 heterocycles. The van der Waals surface area contributed by atoms with Gasteiger partial charge in [-0.15, -0.1) is 0 Å². The zero-order valence-electron chi connectivity index (χ0n) is 13.8. The largest absolute Gasteiger partial charge is 0.465 e. The molecule has 0 spiro atoms. The third kappa shape index (κ3) is 15.8. The van der Waals surface area contributed by atoms with Crippen molar-refractivity contribution in [2.24, 2.45) is 0 Å². The van der Waals surface area contributed by atoms with Crippen molar-refractivity contribution in [2.75, 3.05) is 24.7 Å². The minimum absolute atomic E-state index is 0.00933. The number of carbonyl (C=O) groups is 2. The number of hydrogen-bond donors (Lipinski definition) is 2. The first-order valence-corrected chi connectivity index (χ1v) is 10.9. The maximum Gasteiger partial charge on any atom is 0.333 e. The highest BCUT2D eigenvalue weighted by molar-refractivity contribution is 7.95. The van der Waals surface area contributed by atoms with Crippen LogP contribution in [-0.2, 0) is 39.0 Å². The van der Waals surface area contributed by atoms with Crippen LogP contribution in [0.25, 0.3) is 0 Å². The number of ether oxygens (including phenoxy) is 2. The molecule has 2 N–H and O–H groups in total. The first-order valence-electron chi connectivity index (χ1n) is 7.44. The molecule has 1 atom stereocenters. The van der Waals surface area contributed by atoms with Gasteiger partial charge in [0.05, 0.1) is 35.2 Å². The smallest absolute Gasteiger partial charge is 0.333 e. The molecule has 0 bridgehead atoms. The second kappa shape index (κ2) is 11.2. The van der Waals surface area contributed by atoms with Crippen molar-refractivity contribution >= 4 is 37.7 Å². The Bertz CT molecular complexity index is 662. The van der Waals surface area contributed by atoms with Gasteiger partial charge in [0.25, 0.3) is 10.1 Å². The van der Waals surface area contributed by atoms with Gasteiger partial charge in [-0.1, -0.05) is 6.58 Å². The summed E-state index contributed by atoms with van der Waals surface area (Å²) in [4.78, 5) is 23.1. The molecule has 146 valence electrons. The quantitative estimate of drug-likeness (QED) is 0.150. The average molecular weight is 400 g/mol. The summed E-state index contributed by atoms with van der Waals surface area (Å²) in [5, 5.41) is 0. The molecule has 0 amide bonds. The summed E-state index contributed by atoms with van der Waals surface area (Å²) in [6.07, 6.45) is 0.778. The van der Waals surface area contributed by atoms with Crippen LogP contribution in [0.2, 0.25) is 0 Å². The summed E-state index contributed by atoms with van der Waals surface area (Å²) in [5.41, 5.74) is -0.0916. The van der Waals surface area contributed by atoms with Gasteiger partial charge < -0.3 is 14.0 Å². The average Bonchev–Trinajstić information content (AvgIpc) is 2.43. The van der Waals surface area contributed by atoms with Crippen molar-refractivity contribution in [3.05, 3.63) is 12.2 Å². The van der Waals surface area contributed by atoms with E-state index in [9.17, 15) is 22.2 Å². The van der Waals surface area contributed by atoms with E-state index in [0.717, 1.165) is 0 Å². The lowest BCUT2D eigenvalue weighted by atomic mass is 10.2. The van der Waals surface area contributed by atoms with Crippen LogP contribution in [0.4, 0.5) is 0 Å². The van der Waals surface area contributed by atoms with Gasteiger partial charge in [0.2, 0.25) is 0 Å². The molecule has 0 aliphatic carbocycles.